The molecule has 0 amide bonds. The Balaban J connectivity index is 4.61. The third-order valence-corrected chi connectivity index (χ3v) is 3.72. The fourth-order valence-electron chi connectivity index (χ4n) is 2.24. The average molecular weight is 292 g/mol. The van der Waals surface area contributed by atoms with Gasteiger partial charge in [0.25, 0.3) is 0 Å². The monoisotopic (exact) mass is 292 g/mol. The van der Waals surface area contributed by atoms with Gasteiger partial charge < -0.3 is 4.74 Å². The maximum atomic E-state index is 11.5. The Labute approximate surface area is 131 Å². The first-order valence-corrected chi connectivity index (χ1v) is 7.93. The van der Waals surface area contributed by atoms with Crippen LogP contribution in [0, 0.1) is 5.92 Å². The van der Waals surface area contributed by atoms with Gasteiger partial charge in [0.15, 0.2) is 0 Å². The van der Waals surface area contributed by atoms with Crippen molar-refractivity contribution in [1.29, 1.82) is 0 Å². The molecule has 0 saturated heterocycles. The summed E-state index contributed by atoms with van der Waals surface area (Å²) < 4.78 is 4.95. The molecule has 0 N–H and O–H groups in total. The van der Waals surface area contributed by atoms with Crippen LogP contribution in [0.4, 0.5) is 0 Å². The van der Waals surface area contributed by atoms with Crippen LogP contribution in [0.5, 0.6) is 0 Å². The van der Waals surface area contributed by atoms with Gasteiger partial charge in [-0.1, -0.05) is 24.1 Å². The summed E-state index contributed by atoms with van der Waals surface area (Å²) in [7, 11) is 0. The van der Waals surface area contributed by atoms with E-state index in [1.165, 1.54) is 23.1 Å². The van der Waals surface area contributed by atoms with E-state index in [0.717, 1.165) is 18.4 Å². The number of carbonyl (C=O) groups excluding carboxylic acids is 1. The SMILES string of the molecule is CCOC(=O)/C=C(C)/C(C)=C(\C)CC(C)CCC=C(C)C. The molecule has 2 nitrogen and oxygen atoms in total. The summed E-state index contributed by atoms with van der Waals surface area (Å²) in [4.78, 5) is 11.5. The lowest BCUT2D eigenvalue weighted by Gasteiger charge is -2.14. The lowest BCUT2D eigenvalue weighted by molar-refractivity contribution is -0.137. The van der Waals surface area contributed by atoms with Crippen LogP contribution in [-0.2, 0) is 9.53 Å². The zero-order valence-corrected chi connectivity index (χ0v) is 14.9. The number of esters is 1. The standard InChI is InChI=1S/C19H32O2/c1-8-21-19(20)13-17(6)18(7)16(5)12-15(4)11-9-10-14(2)3/h10,13,15H,8-9,11-12H2,1-7H3/b17-13+,18-16+. The number of hydrogen-bond acceptors (Lipinski definition) is 2. The molecule has 0 aliphatic heterocycles. The maximum Gasteiger partial charge on any atom is 0.331 e. The zero-order valence-electron chi connectivity index (χ0n) is 14.9. The molecule has 120 valence electrons. The van der Waals surface area contributed by atoms with Crippen LogP contribution in [-0.4, -0.2) is 12.6 Å². The third kappa shape index (κ3) is 9.28. The predicted molar refractivity (Wildman–Crippen MR) is 91.2 cm³/mol. The molecular weight excluding hydrogens is 260 g/mol. The zero-order chi connectivity index (χ0) is 16.4. The number of allylic oxidation sites excluding steroid dienone is 5. The van der Waals surface area contributed by atoms with E-state index in [-0.39, 0.29) is 5.97 Å². The highest BCUT2D eigenvalue weighted by Crippen LogP contribution is 2.23. The molecule has 0 aromatic rings. The van der Waals surface area contributed by atoms with Crippen molar-refractivity contribution in [1.82, 2.24) is 0 Å². The number of rotatable bonds is 8. The molecular formula is C19H32O2. The van der Waals surface area contributed by atoms with Crippen molar-refractivity contribution >= 4 is 5.97 Å². The second-order valence-electron chi connectivity index (χ2n) is 6.15. The van der Waals surface area contributed by atoms with Gasteiger partial charge in [-0.3, -0.25) is 0 Å². The molecule has 1 unspecified atom stereocenters. The van der Waals surface area contributed by atoms with E-state index < -0.39 is 0 Å². The summed E-state index contributed by atoms with van der Waals surface area (Å²) in [5.41, 5.74) is 4.95. The highest BCUT2D eigenvalue weighted by Gasteiger charge is 2.07. The molecule has 2 heteroatoms. The number of carbonyl (C=O) groups is 1. The first kappa shape index (κ1) is 19.7. The Morgan fingerprint density at radius 1 is 1.14 bits per heavy atom. The topological polar surface area (TPSA) is 26.3 Å². The van der Waals surface area contributed by atoms with Crippen molar-refractivity contribution in [2.75, 3.05) is 6.61 Å². The summed E-state index contributed by atoms with van der Waals surface area (Å²) in [5.74, 6) is 0.407. The second-order valence-corrected chi connectivity index (χ2v) is 6.15. The van der Waals surface area contributed by atoms with Crippen LogP contribution < -0.4 is 0 Å². The van der Waals surface area contributed by atoms with E-state index in [1.807, 2.05) is 13.8 Å². The second kappa shape index (κ2) is 10.4. The summed E-state index contributed by atoms with van der Waals surface area (Å²) in [6.07, 6.45) is 7.32. The molecule has 0 bridgehead atoms. The van der Waals surface area contributed by atoms with Crippen LogP contribution in [0.15, 0.2) is 34.4 Å². The molecule has 0 saturated carbocycles. The van der Waals surface area contributed by atoms with E-state index in [1.54, 1.807) is 6.08 Å². The lowest BCUT2D eigenvalue weighted by Crippen LogP contribution is -2.02. The third-order valence-electron chi connectivity index (χ3n) is 3.72. The van der Waals surface area contributed by atoms with Crippen molar-refractivity contribution in [3.63, 3.8) is 0 Å². The van der Waals surface area contributed by atoms with Crippen LogP contribution in [0.1, 0.15) is 67.7 Å². The minimum atomic E-state index is -0.251. The van der Waals surface area contributed by atoms with Gasteiger partial charge in [0.1, 0.15) is 0 Å². The minimum Gasteiger partial charge on any atom is -0.463 e. The quantitative estimate of drug-likeness (QED) is 0.252. The molecule has 0 spiro atoms. The predicted octanol–water partition coefficient (Wildman–Crippen LogP) is 5.60. The summed E-state index contributed by atoms with van der Waals surface area (Å²) in [6, 6.07) is 0. The fraction of sp³-hybridized carbons (Fsp3) is 0.632. The Kier molecular flexibility index (Phi) is 9.77. The smallest absolute Gasteiger partial charge is 0.331 e. The molecule has 0 aromatic heterocycles. The molecule has 0 aliphatic rings. The van der Waals surface area contributed by atoms with Crippen molar-refractivity contribution in [3.8, 4) is 0 Å². The van der Waals surface area contributed by atoms with Crippen LogP contribution in [0.3, 0.4) is 0 Å². The number of hydrogen-bond donors (Lipinski definition) is 0. The highest BCUT2D eigenvalue weighted by molar-refractivity contribution is 5.83. The van der Waals surface area contributed by atoms with Gasteiger partial charge in [0.2, 0.25) is 0 Å². The molecule has 0 aliphatic carbocycles. The van der Waals surface area contributed by atoms with Crippen molar-refractivity contribution < 1.29 is 9.53 Å². The summed E-state index contributed by atoms with van der Waals surface area (Å²) in [5, 5.41) is 0. The molecule has 21 heavy (non-hydrogen) atoms. The number of ether oxygens (including phenoxy) is 1. The van der Waals surface area contributed by atoms with E-state index in [2.05, 4.69) is 40.7 Å². The van der Waals surface area contributed by atoms with Gasteiger partial charge in [0, 0.05) is 6.08 Å². The summed E-state index contributed by atoms with van der Waals surface area (Å²) >= 11 is 0. The van der Waals surface area contributed by atoms with E-state index in [4.69, 9.17) is 4.74 Å². The van der Waals surface area contributed by atoms with Gasteiger partial charge >= 0.3 is 5.97 Å². The molecule has 0 heterocycles. The van der Waals surface area contributed by atoms with Crippen LogP contribution in [0.25, 0.3) is 0 Å². The van der Waals surface area contributed by atoms with Gasteiger partial charge in [-0.2, -0.15) is 0 Å². The average Bonchev–Trinajstić information content (AvgIpc) is 2.37. The molecule has 1 atom stereocenters. The van der Waals surface area contributed by atoms with Crippen molar-refractivity contribution in [2.24, 2.45) is 5.92 Å². The molecule has 0 radical (unpaired) electrons. The van der Waals surface area contributed by atoms with Gasteiger partial charge in [-0.05, 0) is 77.9 Å². The van der Waals surface area contributed by atoms with E-state index >= 15 is 0 Å². The Bertz CT molecular complexity index is 421. The molecule has 0 fully saturated rings. The van der Waals surface area contributed by atoms with Gasteiger partial charge in [-0.25, -0.2) is 4.79 Å². The fourth-order valence-corrected chi connectivity index (χ4v) is 2.24. The molecule has 0 aromatic carbocycles. The van der Waals surface area contributed by atoms with Crippen LogP contribution in [0.2, 0.25) is 0 Å². The van der Waals surface area contributed by atoms with Crippen LogP contribution >= 0.6 is 0 Å². The first-order chi connectivity index (χ1) is 9.77. The molecule has 0 rings (SSSR count). The van der Waals surface area contributed by atoms with Gasteiger partial charge in [-0.15, -0.1) is 0 Å². The Morgan fingerprint density at radius 3 is 2.29 bits per heavy atom. The first-order valence-electron chi connectivity index (χ1n) is 7.93. The minimum absolute atomic E-state index is 0.251. The maximum absolute atomic E-state index is 11.5. The summed E-state index contributed by atoms with van der Waals surface area (Å²) in [6.45, 7) is 15.0. The Hall–Kier alpha value is -1.31. The Morgan fingerprint density at radius 2 is 1.76 bits per heavy atom. The van der Waals surface area contributed by atoms with Crippen molar-refractivity contribution in [3.05, 3.63) is 34.4 Å². The lowest BCUT2D eigenvalue weighted by atomic mass is 9.92. The largest absolute Gasteiger partial charge is 0.463 e. The van der Waals surface area contributed by atoms with E-state index in [9.17, 15) is 4.79 Å². The van der Waals surface area contributed by atoms with Gasteiger partial charge in [0.05, 0.1) is 6.61 Å². The van der Waals surface area contributed by atoms with Crippen molar-refractivity contribution in [2.45, 2.75) is 67.7 Å². The highest BCUT2D eigenvalue weighted by atomic mass is 16.5. The van der Waals surface area contributed by atoms with E-state index in [0.29, 0.717) is 12.5 Å². The normalized spacial score (nSPS) is 14.3.